The van der Waals surface area contributed by atoms with Gasteiger partial charge in [-0.25, -0.2) is 4.79 Å². The van der Waals surface area contributed by atoms with E-state index in [4.69, 9.17) is 16.3 Å². The smallest absolute Gasteiger partial charge is 0.410 e. The third kappa shape index (κ3) is 5.29. The average Bonchev–Trinajstić information content (AvgIpc) is 2.46. The van der Waals surface area contributed by atoms with Crippen molar-refractivity contribution in [1.82, 2.24) is 4.90 Å². The number of ether oxygens (including phenoxy) is 1. The molecule has 1 aromatic rings. The van der Waals surface area contributed by atoms with Gasteiger partial charge in [0.1, 0.15) is 5.60 Å². The number of anilines is 1. The SMILES string of the molecule is CC(C)(C)OC(=O)N1CCC(Nc2cc(Cl)ccc2CO)CC1. The monoisotopic (exact) mass is 340 g/mol. The highest BCUT2D eigenvalue weighted by molar-refractivity contribution is 6.30. The van der Waals surface area contributed by atoms with Crippen LogP contribution in [0, 0.1) is 0 Å². The summed E-state index contributed by atoms with van der Waals surface area (Å²) in [7, 11) is 0. The van der Waals surface area contributed by atoms with Crippen molar-refractivity contribution in [3.63, 3.8) is 0 Å². The lowest BCUT2D eigenvalue weighted by Gasteiger charge is -2.34. The number of piperidine rings is 1. The standard InChI is InChI=1S/C17H25ClN2O3/c1-17(2,3)23-16(22)20-8-6-14(7-9-20)19-15-10-13(18)5-4-12(15)11-21/h4-5,10,14,19,21H,6-9,11H2,1-3H3. The van der Waals surface area contributed by atoms with Gasteiger partial charge in [0.25, 0.3) is 0 Å². The molecule has 1 aliphatic heterocycles. The molecule has 1 fully saturated rings. The zero-order valence-electron chi connectivity index (χ0n) is 13.9. The van der Waals surface area contributed by atoms with Gasteiger partial charge in [0.05, 0.1) is 6.61 Å². The van der Waals surface area contributed by atoms with E-state index in [-0.39, 0.29) is 18.7 Å². The predicted octanol–water partition coefficient (Wildman–Crippen LogP) is 3.64. The van der Waals surface area contributed by atoms with Crippen molar-refractivity contribution in [2.75, 3.05) is 18.4 Å². The minimum absolute atomic E-state index is 0.0315. The number of nitrogens with zero attached hydrogens (tertiary/aromatic N) is 1. The Morgan fingerprint density at radius 1 is 1.39 bits per heavy atom. The number of aliphatic hydroxyl groups is 1. The quantitative estimate of drug-likeness (QED) is 0.881. The van der Waals surface area contributed by atoms with Gasteiger partial charge in [0, 0.05) is 35.4 Å². The van der Waals surface area contributed by atoms with Crippen LogP contribution in [0.25, 0.3) is 0 Å². The molecule has 1 heterocycles. The summed E-state index contributed by atoms with van der Waals surface area (Å²) in [6, 6.07) is 5.66. The third-order valence-corrected chi connectivity index (χ3v) is 3.98. The number of nitrogens with one attached hydrogen (secondary N) is 1. The Hall–Kier alpha value is -1.46. The van der Waals surface area contributed by atoms with E-state index < -0.39 is 5.60 Å². The Morgan fingerprint density at radius 2 is 2.04 bits per heavy atom. The van der Waals surface area contributed by atoms with Crippen LogP contribution >= 0.6 is 11.6 Å². The molecule has 128 valence electrons. The van der Waals surface area contributed by atoms with Crippen molar-refractivity contribution >= 4 is 23.4 Å². The Balaban J connectivity index is 1.90. The van der Waals surface area contributed by atoms with Gasteiger partial charge >= 0.3 is 6.09 Å². The van der Waals surface area contributed by atoms with E-state index in [1.807, 2.05) is 32.9 Å². The average molecular weight is 341 g/mol. The zero-order valence-corrected chi connectivity index (χ0v) is 14.7. The molecule has 1 aromatic carbocycles. The largest absolute Gasteiger partial charge is 0.444 e. The topological polar surface area (TPSA) is 61.8 Å². The minimum atomic E-state index is -0.469. The summed E-state index contributed by atoms with van der Waals surface area (Å²) in [5, 5.41) is 13.5. The second-order valence-corrected chi connectivity index (χ2v) is 7.28. The molecule has 2 rings (SSSR count). The first-order valence-electron chi connectivity index (χ1n) is 7.92. The molecule has 1 aliphatic rings. The molecule has 2 N–H and O–H groups in total. The number of amides is 1. The van der Waals surface area contributed by atoms with E-state index in [2.05, 4.69) is 5.32 Å². The normalized spacial score (nSPS) is 16.3. The maximum Gasteiger partial charge on any atom is 0.410 e. The number of carbonyl (C=O) groups excluding carboxylic acids is 1. The van der Waals surface area contributed by atoms with E-state index in [1.54, 1.807) is 11.0 Å². The predicted molar refractivity (Wildman–Crippen MR) is 91.8 cm³/mol. The van der Waals surface area contributed by atoms with E-state index in [0.29, 0.717) is 18.1 Å². The van der Waals surface area contributed by atoms with Crippen LogP contribution in [0.1, 0.15) is 39.2 Å². The molecule has 0 atom stereocenters. The lowest BCUT2D eigenvalue weighted by Crippen LogP contribution is -2.44. The van der Waals surface area contributed by atoms with Crippen LogP contribution in [-0.2, 0) is 11.3 Å². The molecule has 0 spiro atoms. The number of rotatable bonds is 3. The number of hydrogen-bond donors (Lipinski definition) is 2. The number of halogens is 1. The molecule has 1 saturated heterocycles. The van der Waals surface area contributed by atoms with Gasteiger partial charge in [-0.05, 0) is 45.7 Å². The third-order valence-electron chi connectivity index (χ3n) is 3.75. The molecule has 0 unspecified atom stereocenters. The van der Waals surface area contributed by atoms with Crippen LogP contribution in [0.3, 0.4) is 0 Å². The van der Waals surface area contributed by atoms with Crippen LogP contribution in [-0.4, -0.2) is 40.8 Å². The molecule has 0 saturated carbocycles. The lowest BCUT2D eigenvalue weighted by atomic mass is 10.0. The number of likely N-dealkylation sites (tertiary alicyclic amines) is 1. The van der Waals surface area contributed by atoms with Gasteiger partial charge in [-0.2, -0.15) is 0 Å². The van der Waals surface area contributed by atoms with Crippen molar-refractivity contribution in [2.45, 2.75) is 51.9 Å². The number of aliphatic hydroxyl groups excluding tert-OH is 1. The molecular weight excluding hydrogens is 316 g/mol. The highest BCUT2D eigenvalue weighted by Gasteiger charge is 2.27. The van der Waals surface area contributed by atoms with Gasteiger partial charge in [-0.3, -0.25) is 0 Å². The van der Waals surface area contributed by atoms with Crippen molar-refractivity contribution in [2.24, 2.45) is 0 Å². The summed E-state index contributed by atoms with van der Waals surface area (Å²) >= 11 is 6.03. The molecule has 0 aliphatic carbocycles. The van der Waals surface area contributed by atoms with Gasteiger partial charge < -0.3 is 20.1 Å². The van der Waals surface area contributed by atoms with Crippen LogP contribution < -0.4 is 5.32 Å². The summed E-state index contributed by atoms with van der Waals surface area (Å²) in [5.41, 5.74) is 1.21. The van der Waals surface area contributed by atoms with Crippen molar-refractivity contribution in [3.8, 4) is 0 Å². The maximum absolute atomic E-state index is 12.1. The highest BCUT2D eigenvalue weighted by atomic mass is 35.5. The first-order chi connectivity index (χ1) is 10.8. The van der Waals surface area contributed by atoms with E-state index >= 15 is 0 Å². The summed E-state index contributed by atoms with van der Waals surface area (Å²) in [5.74, 6) is 0. The molecule has 23 heavy (non-hydrogen) atoms. The van der Waals surface area contributed by atoms with Gasteiger partial charge in [0.2, 0.25) is 0 Å². The summed E-state index contributed by atoms with van der Waals surface area (Å²) in [6.45, 7) is 6.89. The van der Waals surface area contributed by atoms with E-state index in [9.17, 15) is 9.90 Å². The minimum Gasteiger partial charge on any atom is -0.444 e. The van der Waals surface area contributed by atoms with Crippen molar-refractivity contribution in [1.29, 1.82) is 0 Å². The van der Waals surface area contributed by atoms with Gasteiger partial charge in [0.15, 0.2) is 0 Å². The fourth-order valence-electron chi connectivity index (χ4n) is 2.57. The van der Waals surface area contributed by atoms with Crippen LogP contribution in [0.15, 0.2) is 18.2 Å². The summed E-state index contributed by atoms with van der Waals surface area (Å²) < 4.78 is 5.40. The van der Waals surface area contributed by atoms with Crippen LogP contribution in [0.4, 0.5) is 10.5 Å². The molecule has 5 nitrogen and oxygen atoms in total. The van der Waals surface area contributed by atoms with Gasteiger partial charge in [-0.15, -0.1) is 0 Å². The molecule has 6 heteroatoms. The van der Waals surface area contributed by atoms with Crippen LogP contribution in [0.2, 0.25) is 5.02 Å². The molecule has 0 radical (unpaired) electrons. The fourth-order valence-corrected chi connectivity index (χ4v) is 2.75. The van der Waals surface area contributed by atoms with Crippen LogP contribution in [0.5, 0.6) is 0 Å². The highest BCUT2D eigenvalue weighted by Crippen LogP contribution is 2.24. The fraction of sp³-hybridized carbons (Fsp3) is 0.588. The number of hydrogen-bond acceptors (Lipinski definition) is 4. The van der Waals surface area contributed by atoms with E-state index in [1.165, 1.54) is 0 Å². The zero-order chi connectivity index (χ0) is 17.0. The Kier molecular flexibility index (Phi) is 5.76. The van der Waals surface area contributed by atoms with Gasteiger partial charge in [-0.1, -0.05) is 17.7 Å². The second kappa shape index (κ2) is 7.41. The van der Waals surface area contributed by atoms with Crippen molar-refractivity contribution in [3.05, 3.63) is 28.8 Å². The second-order valence-electron chi connectivity index (χ2n) is 6.85. The molecule has 1 amide bonds. The van der Waals surface area contributed by atoms with E-state index in [0.717, 1.165) is 24.1 Å². The lowest BCUT2D eigenvalue weighted by molar-refractivity contribution is 0.0210. The maximum atomic E-state index is 12.1. The number of carbonyl (C=O) groups is 1. The summed E-state index contributed by atoms with van der Waals surface area (Å²) in [4.78, 5) is 13.8. The number of benzene rings is 1. The molecule has 0 bridgehead atoms. The Bertz CT molecular complexity index is 549. The van der Waals surface area contributed by atoms with Crippen molar-refractivity contribution < 1.29 is 14.6 Å². The first-order valence-corrected chi connectivity index (χ1v) is 8.30. The molecular formula is C17H25ClN2O3. The molecule has 0 aromatic heterocycles. The summed E-state index contributed by atoms with van der Waals surface area (Å²) in [6.07, 6.45) is 1.41. The first kappa shape index (κ1) is 17.9. The Morgan fingerprint density at radius 3 is 2.61 bits per heavy atom. The Labute approximate surface area is 142 Å².